The van der Waals surface area contributed by atoms with E-state index in [-0.39, 0.29) is 0 Å². The van der Waals surface area contributed by atoms with Gasteiger partial charge >= 0.3 is 25.4 Å². The van der Waals surface area contributed by atoms with Gasteiger partial charge in [-0.25, -0.2) is 9.97 Å². The van der Waals surface area contributed by atoms with Crippen molar-refractivity contribution in [3.63, 3.8) is 0 Å². The first-order valence-corrected chi connectivity index (χ1v) is 19.6. The van der Waals surface area contributed by atoms with Crippen LogP contribution in [0.3, 0.4) is 0 Å². The van der Waals surface area contributed by atoms with Gasteiger partial charge in [0.15, 0.2) is 0 Å². The zero-order valence-electron chi connectivity index (χ0n) is 30.4. The first kappa shape index (κ1) is 35.3. The second-order valence-electron chi connectivity index (χ2n) is 13.8. The average Bonchev–Trinajstić information content (AvgIpc) is 4.03. The van der Waals surface area contributed by atoms with Crippen LogP contribution >= 0.6 is 10.0 Å². The quantitative estimate of drug-likeness (QED) is 0.179. The zero-order valence-corrected chi connectivity index (χ0v) is 32.5. The van der Waals surface area contributed by atoms with Crippen molar-refractivity contribution in [2.75, 3.05) is 0 Å². The summed E-state index contributed by atoms with van der Waals surface area (Å²) in [4.78, 5) is 21.5. The summed E-state index contributed by atoms with van der Waals surface area (Å²) in [5.74, 6) is 0. The summed E-state index contributed by atoms with van der Waals surface area (Å²) in [6.07, 6.45) is 8.48. The number of rotatable bonds is 4. The molecule has 54 heavy (non-hydrogen) atoms. The van der Waals surface area contributed by atoms with E-state index in [2.05, 4.69) is 199 Å². The summed E-state index contributed by atoms with van der Waals surface area (Å²) in [5, 5.41) is 0. The Hall–Kier alpha value is -5.70. The Morgan fingerprint density at radius 3 is 0.741 bits per heavy atom. The third-order valence-electron chi connectivity index (χ3n) is 9.97. The third-order valence-corrected chi connectivity index (χ3v) is 9.97. The van der Waals surface area contributed by atoms with Crippen molar-refractivity contribution in [3.8, 4) is 44.5 Å². The summed E-state index contributed by atoms with van der Waals surface area (Å²) < 4.78 is 0. The predicted octanol–water partition coefficient (Wildman–Crippen LogP) is 12.5. The van der Waals surface area contributed by atoms with E-state index in [1.165, 1.54) is 22.3 Å². The van der Waals surface area contributed by atoms with Crippen LogP contribution in [0.5, 0.6) is 0 Å². The minimum absolute atomic E-state index is 0.865. The standard InChI is InChI=1S/C48H36N4.ClH.Cr/c1-29-5-13-33(14-6-29)45-37-21-23-39(49-37)46(34-15-7-30(2)8-16-34)41-25-27-43(51-41)48(36-19-11-32(4)12-20-36)44-28-26-42(52-44)47(40-24-22-38(45)50-40)35-17-9-31(3)10-18-35;;/h5-28H,1-4H3;1H;/q-2;;+3/p-1. The number of fused-ring (bicyclic) bond motifs is 8. The van der Waals surface area contributed by atoms with Gasteiger partial charge in [-0.3, -0.25) is 0 Å². The van der Waals surface area contributed by atoms with Crippen LogP contribution in [0.4, 0.5) is 0 Å². The molecule has 0 saturated carbocycles. The summed E-state index contributed by atoms with van der Waals surface area (Å²) in [6, 6.07) is 43.0. The van der Waals surface area contributed by atoms with Crippen LogP contribution in [0.2, 0.25) is 0 Å². The normalized spacial score (nSPS) is 11.7. The number of aromatic nitrogens is 4. The molecule has 0 unspecified atom stereocenters. The SMILES string of the molecule is Cc1ccc(-c2c3nc(c(-c4ccc(C)cc4)c4ccc([n-]4)c(-c4ccc(C)cc4)c4nc(c(-c5ccc(C)cc5)c5ccc2[n-]5)C=C4)C=C3)cc1.[Cl][Cr+2]. The minimum atomic E-state index is 0.865. The molecule has 0 spiro atoms. The van der Waals surface area contributed by atoms with Gasteiger partial charge in [-0.05, 0) is 96.5 Å². The fourth-order valence-electron chi connectivity index (χ4n) is 7.15. The molecule has 6 heteroatoms. The van der Waals surface area contributed by atoms with Crippen molar-refractivity contribution in [1.29, 1.82) is 0 Å². The Balaban J connectivity index is 0.00000203. The van der Waals surface area contributed by atoms with Crippen LogP contribution in [0.25, 0.3) is 90.9 Å². The number of hydrogen-bond donors (Lipinski definition) is 0. The van der Waals surface area contributed by atoms with Gasteiger partial charge in [0.2, 0.25) is 0 Å². The molecule has 0 aliphatic carbocycles. The first-order valence-electron chi connectivity index (χ1n) is 17.9. The molecule has 0 atom stereocenters. The second-order valence-corrected chi connectivity index (χ2v) is 13.8. The summed E-state index contributed by atoms with van der Waals surface area (Å²) in [5.41, 5.74) is 19.9. The molecule has 9 rings (SSSR count). The van der Waals surface area contributed by atoms with Crippen LogP contribution < -0.4 is 9.97 Å². The molecule has 4 aromatic carbocycles. The molecular weight excluding hydrogens is 720 g/mol. The Kier molecular flexibility index (Phi) is 9.80. The molecule has 2 aliphatic rings. The molecule has 3 aromatic heterocycles. The summed E-state index contributed by atoms with van der Waals surface area (Å²) in [7, 11) is 4.51. The van der Waals surface area contributed by atoms with Crippen molar-refractivity contribution < 1.29 is 15.4 Å². The van der Waals surface area contributed by atoms with Crippen molar-refractivity contribution >= 4 is 56.4 Å². The van der Waals surface area contributed by atoms with E-state index in [0.29, 0.717) is 0 Å². The fourth-order valence-corrected chi connectivity index (χ4v) is 7.15. The van der Waals surface area contributed by atoms with E-state index in [4.69, 9.17) is 19.9 Å². The molecule has 4 nitrogen and oxygen atoms in total. The Morgan fingerprint density at radius 2 is 0.537 bits per heavy atom. The fraction of sp³-hybridized carbons (Fsp3) is 0.0833. The van der Waals surface area contributed by atoms with E-state index < -0.39 is 0 Å². The third kappa shape index (κ3) is 6.79. The number of hydrogen-bond acceptors (Lipinski definition) is 2. The van der Waals surface area contributed by atoms with Gasteiger partial charge in [-0.1, -0.05) is 144 Å². The number of nitrogens with zero attached hydrogens (tertiary/aromatic N) is 4. The molecule has 261 valence electrons. The Labute approximate surface area is 328 Å². The second kappa shape index (κ2) is 15.0. The Morgan fingerprint density at radius 1 is 0.333 bits per heavy atom. The molecule has 0 N–H and O–H groups in total. The van der Waals surface area contributed by atoms with Crippen LogP contribution in [-0.2, 0) is 15.4 Å². The molecule has 2 aliphatic heterocycles. The van der Waals surface area contributed by atoms with E-state index in [1.807, 2.05) is 0 Å². The molecule has 0 radical (unpaired) electrons. The Bertz CT molecular complexity index is 2360. The van der Waals surface area contributed by atoms with Crippen LogP contribution in [0, 0.1) is 27.7 Å². The molecular formula is C48H36ClCrN4. The molecule has 0 saturated heterocycles. The predicted molar refractivity (Wildman–Crippen MR) is 223 cm³/mol. The van der Waals surface area contributed by atoms with Crippen LogP contribution in [0.15, 0.2) is 121 Å². The van der Waals surface area contributed by atoms with Gasteiger partial charge in [-0.2, -0.15) is 0 Å². The van der Waals surface area contributed by atoms with Crippen molar-refractivity contribution in [2.45, 2.75) is 27.7 Å². The zero-order chi connectivity index (χ0) is 37.3. The van der Waals surface area contributed by atoms with E-state index >= 15 is 0 Å². The molecule has 0 amide bonds. The molecule has 7 aromatic rings. The van der Waals surface area contributed by atoms with Crippen LogP contribution in [-0.4, -0.2) is 9.97 Å². The molecule has 0 fully saturated rings. The van der Waals surface area contributed by atoms with Crippen molar-refractivity contribution in [3.05, 3.63) is 166 Å². The van der Waals surface area contributed by atoms with E-state index in [0.717, 1.165) is 89.4 Å². The van der Waals surface area contributed by atoms with E-state index in [9.17, 15) is 0 Å². The van der Waals surface area contributed by atoms with E-state index in [1.54, 1.807) is 0 Å². The van der Waals surface area contributed by atoms with Gasteiger partial charge < -0.3 is 9.97 Å². The summed E-state index contributed by atoms with van der Waals surface area (Å²) >= 11 is 2.10. The van der Waals surface area contributed by atoms with Gasteiger partial charge in [0, 0.05) is 0 Å². The maximum atomic E-state index is 5.37. The molecule has 5 heterocycles. The van der Waals surface area contributed by atoms with Crippen molar-refractivity contribution in [1.82, 2.24) is 19.9 Å². The van der Waals surface area contributed by atoms with Gasteiger partial charge in [0.1, 0.15) is 0 Å². The van der Waals surface area contributed by atoms with Crippen LogP contribution in [0.1, 0.15) is 45.0 Å². The van der Waals surface area contributed by atoms with Crippen molar-refractivity contribution in [2.24, 2.45) is 0 Å². The van der Waals surface area contributed by atoms with Gasteiger partial charge in [-0.15, -0.1) is 22.1 Å². The number of benzene rings is 4. The number of halogens is 1. The van der Waals surface area contributed by atoms with Gasteiger partial charge in [0.25, 0.3) is 0 Å². The maximum absolute atomic E-state index is 5.37. The topological polar surface area (TPSA) is 54.0 Å². The number of aryl methyl sites for hydroxylation is 4. The molecule has 8 bridgehead atoms. The summed E-state index contributed by atoms with van der Waals surface area (Å²) in [6.45, 7) is 8.45. The average molecular weight is 756 g/mol. The van der Waals surface area contributed by atoms with Gasteiger partial charge in [0.05, 0.1) is 22.8 Å². The first-order chi connectivity index (χ1) is 26.4. The monoisotopic (exact) mass is 755 g/mol.